The third kappa shape index (κ3) is 4.08. The Morgan fingerprint density at radius 3 is 2.52 bits per heavy atom. The lowest BCUT2D eigenvalue weighted by Crippen LogP contribution is -2.17. The van der Waals surface area contributed by atoms with Crippen molar-refractivity contribution in [3.8, 4) is 11.5 Å². The Morgan fingerprint density at radius 2 is 1.90 bits per heavy atom. The van der Waals surface area contributed by atoms with E-state index in [1.54, 1.807) is 0 Å². The predicted molar refractivity (Wildman–Crippen MR) is 92.2 cm³/mol. The summed E-state index contributed by atoms with van der Waals surface area (Å²) in [5, 5.41) is 3.42. The second-order valence-corrected chi connectivity index (χ2v) is 6.19. The standard InChI is InChI=1S/C18H22BrNO/c1-5-20-14(4)16-8-7-15(11-17(16)19)21-18-9-6-12(2)10-13(18)3/h6-11,14,20H,5H2,1-4H3. The van der Waals surface area contributed by atoms with Crippen LogP contribution in [0.15, 0.2) is 40.9 Å². The molecule has 0 saturated carbocycles. The maximum atomic E-state index is 5.99. The number of ether oxygens (including phenoxy) is 1. The SMILES string of the molecule is CCNC(C)c1ccc(Oc2ccc(C)cc2C)cc1Br. The van der Waals surface area contributed by atoms with Crippen LogP contribution in [-0.2, 0) is 0 Å². The lowest BCUT2D eigenvalue weighted by Gasteiger charge is -2.16. The van der Waals surface area contributed by atoms with Crippen molar-refractivity contribution in [1.82, 2.24) is 5.32 Å². The Bertz CT molecular complexity index is 625. The average Bonchev–Trinajstić information content (AvgIpc) is 2.42. The number of halogens is 1. The van der Waals surface area contributed by atoms with E-state index in [9.17, 15) is 0 Å². The molecule has 1 unspecified atom stereocenters. The van der Waals surface area contributed by atoms with E-state index in [1.165, 1.54) is 11.1 Å². The van der Waals surface area contributed by atoms with Crippen molar-refractivity contribution in [3.05, 3.63) is 57.6 Å². The van der Waals surface area contributed by atoms with Gasteiger partial charge in [-0.25, -0.2) is 0 Å². The zero-order valence-corrected chi connectivity index (χ0v) is 14.6. The third-order valence-corrected chi connectivity index (χ3v) is 4.19. The topological polar surface area (TPSA) is 21.3 Å². The van der Waals surface area contributed by atoms with Gasteiger partial charge in [-0.2, -0.15) is 0 Å². The molecule has 0 aliphatic carbocycles. The Kier molecular flexibility index (Phi) is 5.43. The molecule has 21 heavy (non-hydrogen) atoms. The van der Waals surface area contributed by atoms with Gasteiger partial charge in [0.15, 0.2) is 0 Å². The molecule has 2 nitrogen and oxygen atoms in total. The maximum absolute atomic E-state index is 5.99. The first-order valence-electron chi connectivity index (χ1n) is 7.29. The molecule has 0 fully saturated rings. The van der Waals surface area contributed by atoms with Crippen LogP contribution in [0.5, 0.6) is 11.5 Å². The molecular weight excluding hydrogens is 326 g/mol. The van der Waals surface area contributed by atoms with Crippen LogP contribution < -0.4 is 10.1 Å². The largest absolute Gasteiger partial charge is 0.457 e. The van der Waals surface area contributed by atoms with Gasteiger partial charge < -0.3 is 10.1 Å². The normalized spacial score (nSPS) is 12.2. The van der Waals surface area contributed by atoms with Gasteiger partial charge in [0.2, 0.25) is 0 Å². The van der Waals surface area contributed by atoms with Crippen LogP contribution in [0.1, 0.15) is 36.6 Å². The molecule has 0 heterocycles. The summed E-state index contributed by atoms with van der Waals surface area (Å²) < 4.78 is 7.06. The highest BCUT2D eigenvalue weighted by Gasteiger charge is 2.10. The van der Waals surface area contributed by atoms with E-state index in [2.05, 4.69) is 67.1 Å². The van der Waals surface area contributed by atoms with Gasteiger partial charge in [-0.05, 0) is 56.6 Å². The summed E-state index contributed by atoms with van der Waals surface area (Å²) in [4.78, 5) is 0. The Morgan fingerprint density at radius 1 is 1.14 bits per heavy atom. The summed E-state index contributed by atoms with van der Waals surface area (Å²) in [6.07, 6.45) is 0. The van der Waals surface area contributed by atoms with E-state index in [-0.39, 0.29) is 0 Å². The van der Waals surface area contributed by atoms with Crippen LogP contribution in [-0.4, -0.2) is 6.54 Å². The quantitative estimate of drug-likeness (QED) is 0.767. The predicted octanol–water partition coefficient (Wildman–Crippen LogP) is 5.53. The first kappa shape index (κ1) is 16.1. The first-order valence-corrected chi connectivity index (χ1v) is 8.08. The minimum absolute atomic E-state index is 0.319. The number of aryl methyl sites for hydroxylation is 2. The minimum atomic E-state index is 0.319. The van der Waals surface area contributed by atoms with Crippen molar-refractivity contribution in [3.63, 3.8) is 0 Å². The van der Waals surface area contributed by atoms with Crippen LogP contribution in [0, 0.1) is 13.8 Å². The monoisotopic (exact) mass is 347 g/mol. The van der Waals surface area contributed by atoms with E-state index >= 15 is 0 Å². The Hall–Kier alpha value is -1.32. The van der Waals surface area contributed by atoms with E-state index in [0.717, 1.165) is 28.1 Å². The van der Waals surface area contributed by atoms with Crippen molar-refractivity contribution < 1.29 is 4.74 Å². The molecule has 0 aliphatic heterocycles. The second kappa shape index (κ2) is 7.10. The number of hydrogen-bond acceptors (Lipinski definition) is 2. The lowest BCUT2D eigenvalue weighted by atomic mass is 10.1. The summed E-state index contributed by atoms with van der Waals surface area (Å²) in [7, 11) is 0. The van der Waals surface area contributed by atoms with Crippen LogP contribution in [0.3, 0.4) is 0 Å². The highest BCUT2D eigenvalue weighted by atomic mass is 79.9. The van der Waals surface area contributed by atoms with Crippen LogP contribution in [0.2, 0.25) is 0 Å². The van der Waals surface area contributed by atoms with Gasteiger partial charge in [0.1, 0.15) is 11.5 Å². The molecule has 0 amide bonds. The molecule has 3 heteroatoms. The third-order valence-electron chi connectivity index (χ3n) is 3.51. The number of benzene rings is 2. The van der Waals surface area contributed by atoms with Gasteiger partial charge in [0.05, 0.1) is 0 Å². The van der Waals surface area contributed by atoms with E-state index in [1.807, 2.05) is 18.2 Å². The molecule has 1 N–H and O–H groups in total. The van der Waals surface area contributed by atoms with Crippen molar-refractivity contribution in [2.75, 3.05) is 6.54 Å². The molecule has 0 spiro atoms. The molecule has 0 bridgehead atoms. The maximum Gasteiger partial charge on any atom is 0.130 e. The first-order chi connectivity index (χ1) is 10.0. The highest BCUT2D eigenvalue weighted by Crippen LogP contribution is 2.31. The second-order valence-electron chi connectivity index (χ2n) is 5.33. The Balaban J connectivity index is 2.20. The van der Waals surface area contributed by atoms with Crippen molar-refractivity contribution in [2.24, 2.45) is 0 Å². The van der Waals surface area contributed by atoms with E-state index in [4.69, 9.17) is 4.74 Å². The van der Waals surface area contributed by atoms with E-state index < -0.39 is 0 Å². The van der Waals surface area contributed by atoms with Gasteiger partial charge in [0, 0.05) is 10.5 Å². The average molecular weight is 348 g/mol. The fourth-order valence-corrected chi connectivity index (χ4v) is 3.08. The Labute approximate surface area is 135 Å². The van der Waals surface area contributed by atoms with Gasteiger partial charge in [-0.1, -0.05) is 46.6 Å². The number of hydrogen-bond donors (Lipinski definition) is 1. The van der Waals surface area contributed by atoms with Crippen molar-refractivity contribution >= 4 is 15.9 Å². The number of nitrogens with one attached hydrogen (secondary N) is 1. The molecular formula is C18H22BrNO. The van der Waals surface area contributed by atoms with Crippen LogP contribution in [0.25, 0.3) is 0 Å². The summed E-state index contributed by atoms with van der Waals surface area (Å²) in [6, 6.07) is 12.7. The van der Waals surface area contributed by atoms with Gasteiger partial charge in [-0.3, -0.25) is 0 Å². The molecule has 2 aromatic carbocycles. The smallest absolute Gasteiger partial charge is 0.130 e. The molecule has 1 atom stereocenters. The minimum Gasteiger partial charge on any atom is -0.457 e. The molecule has 0 aromatic heterocycles. The molecule has 0 radical (unpaired) electrons. The molecule has 112 valence electrons. The van der Waals surface area contributed by atoms with Crippen LogP contribution >= 0.6 is 15.9 Å². The summed E-state index contributed by atoms with van der Waals surface area (Å²) in [5.41, 5.74) is 3.64. The van der Waals surface area contributed by atoms with Crippen LogP contribution in [0.4, 0.5) is 0 Å². The summed E-state index contributed by atoms with van der Waals surface area (Å²) in [6.45, 7) is 9.38. The fourth-order valence-electron chi connectivity index (χ4n) is 2.38. The zero-order valence-electron chi connectivity index (χ0n) is 13.0. The number of rotatable bonds is 5. The summed E-state index contributed by atoms with van der Waals surface area (Å²) >= 11 is 3.64. The summed E-state index contributed by atoms with van der Waals surface area (Å²) in [5.74, 6) is 1.75. The molecule has 0 saturated heterocycles. The molecule has 2 rings (SSSR count). The fraction of sp³-hybridized carbons (Fsp3) is 0.333. The van der Waals surface area contributed by atoms with Crippen molar-refractivity contribution in [1.29, 1.82) is 0 Å². The highest BCUT2D eigenvalue weighted by molar-refractivity contribution is 9.10. The van der Waals surface area contributed by atoms with Gasteiger partial charge in [0.25, 0.3) is 0 Å². The molecule has 0 aliphatic rings. The lowest BCUT2D eigenvalue weighted by molar-refractivity contribution is 0.477. The van der Waals surface area contributed by atoms with E-state index in [0.29, 0.717) is 6.04 Å². The zero-order chi connectivity index (χ0) is 15.4. The van der Waals surface area contributed by atoms with Crippen molar-refractivity contribution in [2.45, 2.75) is 33.7 Å². The molecule has 2 aromatic rings. The van der Waals surface area contributed by atoms with Gasteiger partial charge >= 0.3 is 0 Å². The van der Waals surface area contributed by atoms with Gasteiger partial charge in [-0.15, -0.1) is 0 Å².